The third-order valence-electron chi connectivity index (χ3n) is 4.25. The highest BCUT2D eigenvalue weighted by Crippen LogP contribution is 2.16. The van der Waals surface area contributed by atoms with Crippen LogP contribution < -0.4 is 20.7 Å². The molecule has 31 heavy (non-hydrogen) atoms. The molecule has 0 aliphatic rings. The number of thiazole rings is 1. The topological polar surface area (TPSA) is 92.3 Å². The van der Waals surface area contributed by atoms with E-state index in [4.69, 9.17) is 4.74 Å². The number of anilines is 1. The van der Waals surface area contributed by atoms with Crippen molar-refractivity contribution in [2.24, 2.45) is 0 Å². The molecule has 0 saturated carbocycles. The zero-order chi connectivity index (χ0) is 22.2. The van der Waals surface area contributed by atoms with Crippen molar-refractivity contribution in [3.05, 3.63) is 75.7 Å². The quantitative estimate of drug-likeness (QED) is 0.483. The Labute approximate surface area is 185 Å². The number of hydrogen-bond acceptors (Lipinski definition) is 5. The van der Waals surface area contributed by atoms with Crippen molar-refractivity contribution in [1.82, 2.24) is 15.6 Å². The van der Waals surface area contributed by atoms with Gasteiger partial charge in [-0.05, 0) is 50.6 Å². The molecule has 0 unspecified atom stereocenters. The van der Waals surface area contributed by atoms with E-state index in [0.29, 0.717) is 24.5 Å². The second-order valence-electron chi connectivity index (χ2n) is 7.36. The van der Waals surface area contributed by atoms with E-state index in [2.05, 4.69) is 20.9 Å². The molecule has 3 rings (SSSR count). The van der Waals surface area contributed by atoms with Crippen LogP contribution in [-0.2, 0) is 13.2 Å². The number of rotatable bonds is 8. The van der Waals surface area contributed by atoms with Crippen LogP contribution in [0.3, 0.4) is 0 Å². The Morgan fingerprint density at radius 3 is 2.45 bits per heavy atom. The summed E-state index contributed by atoms with van der Waals surface area (Å²) >= 11 is 1.39. The molecule has 0 atom stereocenters. The standard InChI is InChI=1S/C23H26N4O3S/c1-15(2)25-23(29)26-18-8-6-17(7-9-18)12-24-22(28)20-14-31-21(27-20)13-30-19-10-4-16(3)5-11-19/h4-11,14-15H,12-13H2,1-3H3,(H,24,28)(H2,25,26,29). The maximum atomic E-state index is 12.4. The molecule has 3 amide bonds. The zero-order valence-corrected chi connectivity index (χ0v) is 18.6. The number of aryl methyl sites for hydroxylation is 1. The van der Waals surface area contributed by atoms with Crippen LogP contribution in [0.2, 0.25) is 0 Å². The van der Waals surface area contributed by atoms with E-state index >= 15 is 0 Å². The van der Waals surface area contributed by atoms with E-state index in [1.807, 2.05) is 57.2 Å². The molecule has 7 nitrogen and oxygen atoms in total. The van der Waals surface area contributed by atoms with E-state index in [0.717, 1.165) is 16.3 Å². The summed E-state index contributed by atoms with van der Waals surface area (Å²) in [5, 5.41) is 10.8. The molecule has 1 aromatic heterocycles. The van der Waals surface area contributed by atoms with Gasteiger partial charge in [0, 0.05) is 23.7 Å². The van der Waals surface area contributed by atoms with Gasteiger partial charge in [0.25, 0.3) is 5.91 Å². The van der Waals surface area contributed by atoms with Gasteiger partial charge in [0.05, 0.1) is 0 Å². The molecule has 0 saturated heterocycles. The smallest absolute Gasteiger partial charge is 0.319 e. The number of urea groups is 1. The molecule has 0 aliphatic heterocycles. The van der Waals surface area contributed by atoms with Crippen molar-refractivity contribution in [3.63, 3.8) is 0 Å². The minimum Gasteiger partial charge on any atom is -0.486 e. The van der Waals surface area contributed by atoms with Crippen LogP contribution in [0.25, 0.3) is 0 Å². The van der Waals surface area contributed by atoms with Crippen molar-refractivity contribution in [1.29, 1.82) is 0 Å². The maximum absolute atomic E-state index is 12.4. The number of nitrogens with one attached hydrogen (secondary N) is 3. The first-order chi connectivity index (χ1) is 14.9. The molecule has 3 aromatic rings. The fraction of sp³-hybridized carbons (Fsp3) is 0.261. The molecule has 0 spiro atoms. The lowest BCUT2D eigenvalue weighted by Gasteiger charge is -2.10. The fourth-order valence-corrected chi connectivity index (χ4v) is 3.35. The molecule has 8 heteroatoms. The summed E-state index contributed by atoms with van der Waals surface area (Å²) in [6, 6.07) is 14.9. The molecule has 0 bridgehead atoms. The number of amides is 3. The van der Waals surface area contributed by atoms with Crippen molar-refractivity contribution < 1.29 is 14.3 Å². The van der Waals surface area contributed by atoms with E-state index < -0.39 is 0 Å². The first-order valence-corrected chi connectivity index (χ1v) is 10.9. The Morgan fingerprint density at radius 2 is 1.77 bits per heavy atom. The first-order valence-electron chi connectivity index (χ1n) is 9.97. The Morgan fingerprint density at radius 1 is 1.06 bits per heavy atom. The molecule has 3 N–H and O–H groups in total. The predicted octanol–water partition coefficient (Wildman–Crippen LogP) is 4.49. The van der Waals surface area contributed by atoms with Gasteiger partial charge in [0.15, 0.2) is 0 Å². The summed E-state index contributed by atoms with van der Waals surface area (Å²) in [6.45, 7) is 6.50. The third-order valence-corrected chi connectivity index (χ3v) is 5.07. The van der Waals surface area contributed by atoms with Gasteiger partial charge in [-0.15, -0.1) is 11.3 Å². The molecule has 0 aliphatic carbocycles. The second-order valence-corrected chi connectivity index (χ2v) is 8.30. The van der Waals surface area contributed by atoms with Gasteiger partial charge in [-0.2, -0.15) is 0 Å². The van der Waals surface area contributed by atoms with Crippen molar-refractivity contribution in [3.8, 4) is 5.75 Å². The molecule has 1 heterocycles. The van der Waals surface area contributed by atoms with Crippen LogP contribution in [0, 0.1) is 6.92 Å². The summed E-state index contributed by atoms with van der Waals surface area (Å²) in [5.74, 6) is 0.530. The number of ether oxygens (including phenoxy) is 1. The molecular weight excluding hydrogens is 412 g/mol. The van der Waals surface area contributed by atoms with Gasteiger partial charge >= 0.3 is 6.03 Å². The number of carbonyl (C=O) groups excluding carboxylic acids is 2. The van der Waals surface area contributed by atoms with Crippen LogP contribution in [0.15, 0.2) is 53.9 Å². The first kappa shape index (κ1) is 22.3. The maximum Gasteiger partial charge on any atom is 0.319 e. The number of aromatic nitrogens is 1. The summed E-state index contributed by atoms with van der Waals surface area (Å²) < 4.78 is 5.71. The number of hydrogen-bond donors (Lipinski definition) is 3. The molecule has 0 radical (unpaired) electrons. The average molecular weight is 439 g/mol. The van der Waals surface area contributed by atoms with Gasteiger partial charge in [0.2, 0.25) is 0 Å². The lowest BCUT2D eigenvalue weighted by Crippen LogP contribution is -2.34. The molecular formula is C23H26N4O3S. The van der Waals surface area contributed by atoms with Crippen LogP contribution in [0.4, 0.5) is 10.5 Å². The van der Waals surface area contributed by atoms with E-state index in [-0.39, 0.29) is 18.0 Å². The number of nitrogens with zero attached hydrogens (tertiary/aromatic N) is 1. The van der Waals surface area contributed by atoms with Crippen LogP contribution in [0.5, 0.6) is 5.75 Å². The summed E-state index contributed by atoms with van der Waals surface area (Å²) in [7, 11) is 0. The summed E-state index contributed by atoms with van der Waals surface area (Å²) in [6.07, 6.45) is 0. The third kappa shape index (κ3) is 7.11. The van der Waals surface area contributed by atoms with Crippen LogP contribution >= 0.6 is 11.3 Å². The predicted molar refractivity (Wildman–Crippen MR) is 123 cm³/mol. The van der Waals surface area contributed by atoms with Gasteiger partial charge in [-0.1, -0.05) is 29.8 Å². The number of carbonyl (C=O) groups is 2. The van der Waals surface area contributed by atoms with Gasteiger partial charge in [0.1, 0.15) is 23.1 Å². The molecule has 0 fully saturated rings. The van der Waals surface area contributed by atoms with E-state index in [9.17, 15) is 9.59 Å². The lowest BCUT2D eigenvalue weighted by atomic mass is 10.2. The highest BCUT2D eigenvalue weighted by molar-refractivity contribution is 7.09. The monoisotopic (exact) mass is 438 g/mol. The van der Waals surface area contributed by atoms with Gasteiger partial charge < -0.3 is 20.7 Å². The van der Waals surface area contributed by atoms with Gasteiger partial charge in [-0.3, -0.25) is 4.79 Å². The van der Waals surface area contributed by atoms with Gasteiger partial charge in [-0.25, -0.2) is 9.78 Å². The SMILES string of the molecule is Cc1ccc(OCc2nc(C(=O)NCc3ccc(NC(=O)NC(C)C)cc3)cs2)cc1. The average Bonchev–Trinajstić information content (AvgIpc) is 3.21. The Kier molecular flexibility index (Phi) is 7.61. The van der Waals surface area contributed by atoms with Crippen molar-refractivity contribution in [2.45, 2.75) is 40.0 Å². The Bertz CT molecular complexity index is 1010. The Balaban J connectivity index is 1.46. The lowest BCUT2D eigenvalue weighted by molar-refractivity contribution is 0.0946. The van der Waals surface area contributed by atoms with Crippen LogP contribution in [-0.4, -0.2) is 23.0 Å². The van der Waals surface area contributed by atoms with Crippen molar-refractivity contribution >= 4 is 29.0 Å². The highest BCUT2D eigenvalue weighted by atomic mass is 32.1. The fourth-order valence-electron chi connectivity index (χ4n) is 2.67. The summed E-state index contributed by atoms with van der Waals surface area (Å²) in [4.78, 5) is 28.5. The highest BCUT2D eigenvalue weighted by Gasteiger charge is 2.11. The normalized spacial score (nSPS) is 10.6. The molecule has 2 aromatic carbocycles. The van der Waals surface area contributed by atoms with Crippen LogP contribution in [0.1, 0.15) is 40.5 Å². The number of benzene rings is 2. The van der Waals surface area contributed by atoms with Crippen molar-refractivity contribution in [2.75, 3.05) is 5.32 Å². The minimum atomic E-state index is -0.248. The second kappa shape index (κ2) is 10.6. The summed E-state index contributed by atoms with van der Waals surface area (Å²) in [5.41, 5.74) is 3.14. The largest absolute Gasteiger partial charge is 0.486 e. The van der Waals surface area contributed by atoms with E-state index in [1.54, 1.807) is 17.5 Å². The van der Waals surface area contributed by atoms with E-state index in [1.165, 1.54) is 16.9 Å². The minimum absolute atomic E-state index is 0.0647. The zero-order valence-electron chi connectivity index (χ0n) is 17.8. The Hall–Kier alpha value is -3.39. The molecule has 162 valence electrons.